The van der Waals surface area contributed by atoms with Crippen molar-refractivity contribution in [2.24, 2.45) is 0 Å². The fourth-order valence-electron chi connectivity index (χ4n) is 1.71. The van der Waals surface area contributed by atoms with E-state index in [4.69, 9.17) is 14.7 Å². The van der Waals surface area contributed by atoms with Crippen molar-refractivity contribution in [3.63, 3.8) is 0 Å². The molecule has 0 unspecified atom stereocenters. The summed E-state index contributed by atoms with van der Waals surface area (Å²) in [6.07, 6.45) is 0.795. The number of nitrogens with zero attached hydrogens (tertiary/aromatic N) is 1. The molecule has 0 fully saturated rings. The third kappa shape index (κ3) is 7.83. The summed E-state index contributed by atoms with van der Waals surface area (Å²) in [5.41, 5.74) is 0.476. The van der Waals surface area contributed by atoms with E-state index in [0.29, 0.717) is 17.9 Å². The van der Waals surface area contributed by atoms with Crippen LogP contribution >= 0.6 is 0 Å². The maximum atomic E-state index is 11.6. The molecule has 8 heteroatoms. The summed E-state index contributed by atoms with van der Waals surface area (Å²) in [7, 11) is 0. The van der Waals surface area contributed by atoms with Gasteiger partial charge in [0.15, 0.2) is 13.2 Å². The van der Waals surface area contributed by atoms with Gasteiger partial charge in [-0.15, -0.1) is 0 Å². The third-order valence-corrected chi connectivity index (χ3v) is 3.02. The van der Waals surface area contributed by atoms with Crippen LogP contribution in [0.2, 0.25) is 0 Å². The van der Waals surface area contributed by atoms with E-state index < -0.39 is 24.5 Å². The molecular weight excluding hydrogens is 326 g/mol. The molecule has 2 N–H and O–H groups in total. The molecule has 0 aromatic heterocycles. The van der Waals surface area contributed by atoms with Gasteiger partial charge >= 0.3 is 5.97 Å². The van der Waals surface area contributed by atoms with Gasteiger partial charge in [-0.3, -0.25) is 9.59 Å². The Labute approximate surface area is 146 Å². The van der Waals surface area contributed by atoms with Crippen molar-refractivity contribution in [3.05, 3.63) is 29.8 Å². The second-order valence-corrected chi connectivity index (χ2v) is 5.17. The van der Waals surface area contributed by atoms with Crippen LogP contribution in [-0.4, -0.2) is 43.6 Å². The molecule has 0 aliphatic rings. The summed E-state index contributed by atoms with van der Waals surface area (Å²) < 4.78 is 9.96. The van der Waals surface area contributed by atoms with Crippen molar-refractivity contribution >= 4 is 17.8 Å². The Bertz CT molecular complexity index is 637. The van der Waals surface area contributed by atoms with Crippen LogP contribution in [0.3, 0.4) is 0 Å². The number of ether oxygens (including phenoxy) is 2. The van der Waals surface area contributed by atoms with E-state index in [2.05, 4.69) is 10.6 Å². The minimum absolute atomic E-state index is 0.300. The Morgan fingerprint density at radius 3 is 2.48 bits per heavy atom. The van der Waals surface area contributed by atoms with Gasteiger partial charge in [-0.1, -0.05) is 6.92 Å². The van der Waals surface area contributed by atoms with Crippen molar-refractivity contribution in [1.82, 2.24) is 10.6 Å². The lowest BCUT2D eigenvalue weighted by Gasteiger charge is -2.14. The van der Waals surface area contributed by atoms with Gasteiger partial charge < -0.3 is 20.1 Å². The molecule has 1 aromatic rings. The monoisotopic (exact) mass is 347 g/mol. The molecular formula is C17H21N3O5. The Kier molecular flexibility index (Phi) is 8.50. The van der Waals surface area contributed by atoms with E-state index in [1.165, 1.54) is 0 Å². The van der Waals surface area contributed by atoms with Crippen molar-refractivity contribution in [2.45, 2.75) is 26.3 Å². The minimum Gasteiger partial charge on any atom is -0.482 e. The molecule has 0 aliphatic heterocycles. The summed E-state index contributed by atoms with van der Waals surface area (Å²) in [6.45, 7) is 3.12. The van der Waals surface area contributed by atoms with Crippen LogP contribution in [0.15, 0.2) is 24.3 Å². The second kappa shape index (κ2) is 10.6. The Morgan fingerprint density at radius 2 is 1.88 bits per heavy atom. The van der Waals surface area contributed by atoms with Crippen LogP contribution in [-0.2, 0) is 19.1 Å². The van der Waals surface area contributed by atoms with Gasteiger partial charge in [-0.2, -0.15) is 5.26 Å². The van der Waals surface area contributed by atoms with Crippen LogP contribution in [0.5, 0.6) is 5.75 Å². The van der Waals surface area contributed by atoms with Crippen LogP contribution in [0.1, 0.15) is 25.8 Å². The number of nitriles is 1. The lowest BCUT2D eigenvalue weighted by molar-refractivity contribution is -0.150. The Balaban J connectivity index is 2.27. The maximum Gasteiger partial charge on any atom is 0.344 e. The number of nitrogens with one attached hydrogen (secondary N) is 2. The summed E-state index contributed by atoms with van der Waals surface area (Å²) in [5, 5.41) is 13.8. The van der Waals surface area contributed by atoms with Crippen molar-refractivity contribution < 1.29 is 23.9 Å². The lowest BCUT2D eigenvalue weighted by atomic mass is 10.2. The average Bonchev–Trinajstić information content (AvgIpc) is 2.62. The van der Waals surface area contributed by atoms with Gasteiger partial charge in [-0.25, -0.2) is 4.79 Å². The zero-order chi connectivity index (χ0) is 18.7. The number of carbonyl (C=O) groups excluding carboxylic acids is 3. The fraction of sp³-hybridized carbons (Fsp3) is 0.412. The third-order valence-electron chi connectivity index (χ3n) is 3.02. The quantitative estimate of drug-likeness (QED) is 0.629. The van der Waals surface area contributed by atoms with Gasteiger partial charge in [-0.05, 0) is 37.6 Å². The second-order valence-electron chi connectivity index (χ2n) is 5.17. The molecule has 1 aromatic carbocycles. The first-order valence-corrected chi connectivity index (χ1v) is 7.82. The number of carbonyl (C=O) groups is 3. The van der Waals surface area contributed by atoms with E-state index in [-0.39, 0.29) is 12.5 Å². The highest BCUT2D eigenvalue weighted by Crippen LogP contribution is 2.11. The fourth-order valence-corrected chi connectivity index (χ4v) is 1.71. The first-order valence-electron chi connectivity index (χ1n) is 7.82. The van der Waals surface area contributed by atoms with Crippen molar-refractivity contribution in [3.8, 4) is 11.8 Å². The van der Waals surface area contributed by atoms with Crippen LogP contribution in [0.25, 0.3) is 0 Å². The van der Waals surface area contributed by atoms with E-state index in [9.17, 15) is 14.4 Å². The van der Waals surface area contributed by atoms with E-state index >= 15 is 0 Å². The van der Waals surface area contributed by atoms with Gasteiger partial charge in [0.1, 0.15) is 11.8 Å². The summed E-state index contributed by atoms with van der Waals surface area (Å²) >= 11 is 0. The standard InChI is InChI=1S/C17H21N3O5/c1-3-8-19-17(23)12(2)20-15(21)10-25-16(22)11-24-14-6-4-13(9-18)5-7-14/h4-7,12H,3,8,10-11H2,1-2H3,(H,19,23)(H,20,21)/t12-/m0/s1. The van der Waals surface area contributed by atoms with Gasteiger partial charge in [0.25, 0.3) is 5.91 Å². The van der Waals surface area contributed by atoms with Crippen molar-refractivity contribution in [2.75, 3.05) is 19.8 Å². The normalized spacial score (nSPS) is 10.9. The largest absolute Gasteiger partial charge is 0.482 e. The summed E-state index contributed by atoms with van der Waals surface area (Å²) in [4.78, 5) is 34.8. The average molecular weight is 347 g/mol. The molecule has 0 aliphatic carbocycles. The van der Waals surface area contributed by atoms with Gasteiger partial charge in [0.2, 0.25) is 5.91 Å². The number of esters is 1. The number of hydrogen-bond acceptors (Lipinski definition) is 6. The van der Waals surface area contributed by atoms with Crippen molar-refractivity contribution in [1.29, 1.82) is 5.26 Å². The molecule has 1 rings (SSSR count). The smallest absolute Gasteiger partial charge is 0.344 e. The van der Waals surface area contributed by atoms with E-state index in [1.54, 1.807) is 31.2 Å². The molecule has 25 heavy (non-hydrogen) atoms. The molecule has 2 amide bonds. The number of amides is 2. The molecule has 1 atom stereocenters. The molecule has 0 saturated carbocycles. The zero-order valence-corrected chi connectivity index (χ0v) is 14.2. The van der Waals surface area contributed by atoms with E-state index in [0.717, 1.165) is 6.42 Å². The number of benzene rings is 1. The topological polar surface area (TPSA) is 118 Å². The van der Waals surface area contributed by atoms with Crippen LogP contribution < -0.4 is 15.4 Å². The molecule has 0 bridgehead atoms. The first kappa shape index (κ1) is 20.0. The predicted molar refractivity (Wildman–Crippen MR) is 88.5 cm³/mol. The number of hydrogen-bond donors (Lipinski definition) is 2. The SMILES string of the molecule is CCCNC(=O)[C@H](C)NC(=O)COC(=O)COc1ccc(C#N)cc1. The molecule has 134 valence electrons. The zero-order valence-electron chi connectivity index (χ0n) is 14.2. The highest BCUT2D eigenvalue weighted by atomic mass is 16.6. The summed E-state index contributed by atoms with van der Waals surface area (Å²) in [6, 6.07) is 7.46. The highest BCUT2D eigenvalue weighted by Gasteiger charge is 2.16. The summed E-state index contributed by atoms with van der Waals surface area (Å²) in [5.74, 6) is -1.19. The first-order chi connectivity index (χ1) is 12.0. The maximum absolute atomic E-state index is 11.6. The van der Waals surface area contributed by atoms with Gasteiger partial charge in [0.05, 0.1) is 11.6 Å². The van der Waals surface area contributed by atoms with E-state index in [1.807, 2.05) is 13.0 Å². The molecule has 0 radical (unpaired) electrons. The lowest BCUT2D eigenvalue weighted by Crippen LogP contribution is -2.46. The highest BCUT2D eigenvalue weighted by molar-refractivity contribution is 5.88. The van der Waals surface area contributed by atoms with Crippen LogP contribution in [0.4, 0.5) is 0 Å². The molecule has 0 heterocycles. The molecule has 8 nitrogen and oxygen atoms in total. The molecule has 0 saturated heterocycles. The number of rotatable bonds is 9. The Hall–Kier alpha value is -3.08. The Morgan fingerprint density at radius 1 is 1.20 bits per heavy atom. The molecule has 0 spiro atoms. The minimum atomic E-state index is -0.720. The predicted octanol–water partition coefficient (Wildman–Crippen LogP) is 0.511. The van der Waals surface area contributed by atoms with Crippen LogP contribution in [0, 0.1) is 11.3 Å². The van der Waals surface area contributed by atoms with Gasteiger partial charge in [0, 0.05) is 6.54 Å².